The Hall–Kier alpha value is -3.75. The van der Waals surface area contributed by atoms with Crippen LogP contribution in [-0.2, 0) is 12.6 Å². The maximum Gasteiger partial charge on any atom is 0.416 e. The summed E-state index contributed by atoms with van der Waals surface area (Å²) in [4.78, 5) is 34.9. The minimum atomic E-state index is -4.51. The number of likely N-dealkylation sites (tertiary alicyclic amines) is 1. The van der Waals surface area contributed by atoms with Gasteiger partial charge < -0.3 is 10.0 Å². The maximum atomic E-state index is 12.9. The third kappa shape index (κ3) is 6.08. The molecule has 7 nitrogen and oxygen atoms in total. The van der Waals surface area contributed by atoms with Crippen LogP contribution in [0.4, 0.5) is 23.1 Å². The van der Waals surface area contributed by atoms with Gasteiger partial charge in [-0.25, -0.2) is 9.78 Å². The van der Waals surface area contributed by atoms with Crippen LogP contribution >= 0.6 is 11.3 Å². The van der Waals surface area contributed by atoms with E-state index >= 15 is 0 Å². The highest BCUT2D eigenvalue weighted by Gasteiger charge is 2.39. The summed E-state index contributed by atoms with van der Waals surface area (Å²) in [6.07, 6.45) is -2.23. The Kier molecular flexibility index (Phi) is 6.84. The van der Waals surface area contributed by atoms with Gasteiger partial charge in [-0.15, -0.1) is 0 Å². The lowest BCUT2D eigenvalue weighted by Gasteiger charge is -2.43. The summed E-state index contributed by atoms with van der Waals surface area (Å²) in [7, 11) is 0. The fourth-order valence-corrected chi connectivity index (χ4v) is 4.22. The standard InChI is InChI=1S/C25H21F3N4O3S/c1-15-3-4-17(21(33)11-19-10-18(7-8-29-19)25(26,27)28)9-16(15)5-6-20-12-30-22(36-20)31-23(34)32-13-24(2,35)14-32/h3-4,7-10,12,35H,11,13-14H2,1-2H3,(H,30,31,34). The molecule has 1 aromatic carbocycles. The number of carbonyl (C=O) groups is 2. The van der Waals surface area contributed by atoms with Gasteiger partial charge in [-0.2, -0.15) is 13.2 Å². The first-order chi connectivity index (χ1) is 16.9. The molecular formula is C25H21F3N4O3S. The number of β-amino-alcohol motifs (C(OH)–C–C–N with tert-alkyl or cyclic N) is 1. The maximum absolute atomic E-state index is 12.9. The third-order valence-electron chi connectivity index (χ3n) is 5.44. The van der Waals surface area contributed by atoms with E-state index in [9.17, 15) is 27.9 Å². The summed E-state index contributed by atoms with van der Waals surface area (Å²) in [5, 5.41) is 12.8. The second-order valence-electron chi connectivity index (χ2n) is 8.73. The number of aromatic nitrogens is 2. The van der Waals surface area contributed by atoms with Crippen molar-refractivity contribution in [2.75, 3.05) is 18.4 Å². The number of anilines is 1. The van der Waals surface area contributed by atoms with Gasteiger partial charge in [-0.3, -0.25) is 15.1 Å². The largest absolute Gasteiger partial charge is 0.416 e. The number of carbonyl (C=O) groups excluding carboxylic acids is 2. The van der Waals surface area contributed by atoms with E-state index in [4.69, 9.17) is 0 Å². The van der Waals surface area contributed by atoms with Gasteiger partial charge in [0.1, 0.15) is 0 Å². The molecule has 3 heterocycles. The van der Waals surface area contributed by atoms with E-state index in [1.807, 2.05) is 6.92 Å². The molecule has 0 radical (unpaired) electrons. The van der Waals surface area contributed by atoms with Crippen LogP contribution in [0.3, 0.4) is 0 Å². The van der Waals surface area contributed by atoms with Gasteiger partial charge >= 0.3 is 12.2 Å². The number of benzene rings is 1. The molecule has 1 saturated heterocycles. The van der Waals surface area contributed by atoms with Crippen LogP contribution in [0.25, 0.3) is 0 Å². The smallest absolute Gasteiger partial charge is 0.386 e. The SMILES string of the molecule is Cc1ccc(C(=O)Cc2cc(C(F)(F)F)ccn2)cc1C#Cc1cnc(NC(=O)N2CC(C)(O)C2)s1. The van der Waals surface area contributed by atoms with Crippen molar-refractivity contribution in [1.29, 1.82) is 0 Å². The lowest BCUT2D eigenvalue weighted by Crippen LogP contribution is -2.62. The van der Waals surface area contributed by atoms with Crippen molar-refractivity contribution in [3.63, 3.8) is 0 Å². The molecule has 11 heteroatoms. The highest BCUT2D eigenvalue weighted by molar-refractivity contribution is 7.16. The molecule has 0 bridgehead atoms. The predicted molar refractivity (Wildman–Crippen MR) is 128 cm³/mol. The Balaban J connectivity index is 1.44. The Bertz CT molecular complexity index is 1380. The number of halogens is 3. The average Bonchev–Trinajstić information content (AvgIpc) is 3.23. The first-order valence-electron chi connectivity index (χ1n) is 10.8. The molecular weight excluding hydrogens is 493 g/mol. The molecule has 186 valence electrons. The number of urea groups is 1. The van der Waals surface area contributed by atoms with Gasteiger partial charge in [0.05, 0.1) is 41.7 Å². The Morgan fingerprint density at radius 1 is 1.19 bits per heavy atom. The van der Waals surface area contributed by atoms with Crippen molar-refractivity contribution in [2.45, 2.75) is 32.0 Å². The summed E-state index contributed by atoms with van der Waals surface area (Å²) in [5.41, 5.74) is 0.0242. The number of hydrogen-bond donors (Lipinski definition) is 2. The topological polar surface area (TPSA) is 95.4 Å². The van der Waals surface area contributed by atoms with E-state index in [2.05, 4.69) is 27.1 Å². The van der Waals surface area contributed by atoms with Crippen LogP contribution in [0.5, 0.6) is 0 Å². The number of thiazole rings is 1. The van der Waals surface area contributed by atoms with E-state index in [1.165, 1.54) is 22.4 Å². The molecule has 0 saturated carbocycles. The summed E-state index contributed by atoms with van der Waals surface area (Å²) < 4.78 is 38.8. The fourth-order valence-electron chi connectivity index (χ4n) is 3.56. The lowest BCUT2D eigenvalue weighted by molar-refractivity contribution is -0.137. The van der Waals surface area contributed by atoms with Crippen molar-refractivity contribution in [2.24, 2.45) is 0 Å². The van der Waals surface area contributed by atoms with Crippen LogP contribution in [0.2, 0.25) is 0 Å². The molecule has 0 atom stereocenters. The number of nitrogens with one attached hydrogen (secondary N) is 1. The predicted octanol–water partition coefficient (Wildman–Crippen LogP) is 4.29. The molecule has 1 aliphatic heterocycles. The number of Topliss-reactive ketones (excluding diaryl/α,β-unsaturated/α-hetero) is 1. The van der Waals surface area contributed by atoms with Crippen LogP contribution < -0.4 is 5.32 Å². The first kappa shape index (κ1) is 25.3. The summed E-state index contributed by atoms with van der Waals surface area (Å²) in [6, 6.07) is 6.29. The zero-order chi connectivity index (χ0) is 26.1. The fraction of sp³-hybridized carbons (Fsp3) is 0.280. The van der Waals surface area contributed by atoms with Crippen LogP contribution in [0, 0.1) is 18.8 Å². The number of rotatable bonds is 4. The molecule has 1 aliphatic rings. The molecule has 36 heavy (non-hydrogen) atoms. The minimum Gasteiger partial charge on any atom is -0.386 e. The highest BCUT2D eigenvalue weighted by atomic mass is 32.1. The lowest BCUT2D eigenvalue weighted by atomic mass is 9.98. The summed E-state index contributed by atoms with van der Waals surface area (Å²) >= 11 is 1.18. The number of alkyl halides is 3. The van der Waals surface area contributed by atoms with Crippen molar-refractivity contribution >= 4 is 28.3 Å². The summed E-state index contributed by atoms with van der Waals surface area (Å²) in [5.74, 6) is 5.57. The highest BCUT2D eigenvalue weighted by Crippen LogP contribution is 2.29. The molecule has 1 fully saturated rings. The van der Waals surface area contributed by atoms with Gasteiger partial charge in [-0.1, -0.05) is 29.4 Å². The normalized spacial score (nSPS) is 14.4. The van der Waals surface area contributed by atoms with Gasteiger partial charge in [0.2, 0.25) is 0 Å². The first-order valence-corrected chi connectivity index (χ1v) is 11.6. The molecule has 3 aromatic rings. The van der Waals surface area contributed by atoms with Gasteiger partial charge in [0, 0.05) is 23.0 Å². The van der Waals surface area contributed by atoms with E-state index in [-0.39, 0.29) is 37.0 Å². The second kappa shape index (κ2) is 9.72. The monoisotopic (exact) mass is 514 g/mol. The summed E-state index contributed by atoms with van der Waals surface area (Å²) in [6.45, 7) is 3.97. The van der Waals surface area contributed by atoms with Crippen LogP contribution in [0.15, 0.2) is 42.7 Å². The van der Waals surface area contributed by atoms with E-state index in [0.717, 1.165) is 23.9 Å². The van der Waals surface area contributed by atoms with E-state index < -0.39 is 17.3 Å². The molecule has 2 amide bonds. The Labute approximate surface area is 209 Å². The molecule has 0 unspecified atom stereocenters. The average molecular weight is 515 g/mol. The van der Waals surface area contributed by atoms with Gasteiger partial charge in [-0.05, 0) is 43.5 Å². The number of pyridine rings is 1. The van der Waals surface area contributed by atoms with E-state index in [0.29, 0.717) is 21.1 Å². The molecule has 4 rings (SSSR count). The van der Waals surface area contributed by atoms with Gasteiger partial charge in [0.25, 0.3) is 0 Å². The van der Waals surface area contributed by atoms with Crippen LogP contribution in [0.1, 0.15) is 44.5 Å². The van der Waals surface area contributed by atoms with Crippen molar-refractivity contribution in [3.8, 4) is 11.8 Å². The quantitative estimate of drug-likeness (QED) is 0.400. The van der Waals surface area contributed by atoms with Crippen molar-refractivity contribution < 1.29 is 27.9 Å². The van der Waals surface area contributed by atoms with Crippen molar-refractivity contribution in [1.82, 2.24) is 14.9 Å². The zero-order valence-electron chi connectivity index (χ0n) is 19.3. The Morgan fingerprint density at radius 2 is 1.94 bits per heavy atom. The molecule has 2 aromatic heterocycles. The second-order valence-corrected chi connectivity index (χ2v) is 9.76. The number of hydrogen-bond acceptors (Lipinski definition) is 6. The third-order valence-corrected chi connectivity index (χ3v) is 6.26. The Morgan fingerprint density at radius 3 is 2.64 bits per heavy atom. The zero-order valence-corrected chi connectivity index (χ0v) is 20.1. The molecule has 0 spiro atoms. The van der Waals surface area contributed by atoms with Gasteiger partial charge in [0.15, 0.2) is 10.9 Å². The number of nitrogens with zero attached hydrogens (tertiary/aromatic N) is 3. The number of ketones is 1. The number of aryl methyl sites for hydroxylation is 1. The van der Waals surface area contributed by atoms with Crippen molar-refractivity contribution in [3.05, 3.63) is 75.6 Å². The number of amides is 2. The molecule has 2 N–H and O–H groups in total. The van der Waals surface area contributed by atoms with E-state index in [1.54, 1.807) is 25.1 Å². The van der Waals surface area contributed by atoms with Crippen LogP contribution in [-0.4, -0.2) is 50.5 Å². The minimum absolute atomic E-state index is 0.0316. The number of aliphatic hydroxyl groups is 1. The molecule has 0 aliphatic carbocycles.